The summed E-state index contributed by atoms with van der Waals surface area (Å²) in [5, 5.41) is 8.87. The summed E-state index contributed by atoms with van der Waals surface area (Å²) in [4.78, 5) is 16.0. The van der Waals surface area contributed by atoms with Crippen molar-refractivity contribution in [2.24, 2.45) is 7.05 Å². The maximum Gasteiger partial charge on any atom is 0.159 e. The summed E-state index contributed by atoms with van der Waals surface area (Å²) in [6.07, 6.45) is 5.47. The highest BCUT2D eigenvalue weighted by atomic mass is 16.1. The van der Waals surface area contributed by atoms with Crippen LogP contribution in [0.1, 0.15) is 17.3 Å². The lowest BCUT2D eigenvalue weighted by Crippen LogP contribution is -1.97. The second kappa shape index (κ2) is 5.42. The largest absolute Gasteiger partial charge is 0.295 e. The fourth-order valence-corrected chi connectivity index (χ4v) is 2.68. The van der Waals surface area contributed by atoms with Gasteiger partial charge in [-0.15, -0.1) is 0 Å². The van der Waals surface area contributed by atoms with Gasteiger partial charge in [-0.3, -0.25) is 9.48 Å². The molecule has 0 spiro atoms. The Kier molecular flexibility index (Phi) is 3.23. The molecule has 1 aromatic carbocycles. The molecule has 0 fully saturated rings. The molecule has 0 bridgehead atoms. The summed E-state index contributed by atoms with van der Waals surface area (Å²) in [6.45, 7) is 1.56. The minimum Gasteiger partial charge on any atom is -0.295 e. The van der Waals surface area contributed by atoms with Gasteiger partial charge >= 0.3 is 0 Å². The lowest BCUT2D eigenvalue weighted by Gasteiger charge is -2.04. The molecule has 6 nitrogen and oxygen atoms in total. The number of nitrogens with zero attached hydrogens (tertiary/aromatic N) is 5. The SMILES string of the molecule is CC(=O)c1cccc(-c2cnc3ccc(-c4cnn(C)c4)nn23)c1. The Bertz CT molecular complexity index is 1060. The number of carbonyl (C=O) groups excluding carboxylic acids is 1. The number of rotatable bonds is 3. The van der Waals surface area contributed by atoms with E-state index in [1.807, 2.05) is 49.6 Å². The Morgan fingerprint density at radius 3 is 2.71 bits per heavy atom. The molecule has 3 heterocycles. The van der Waals surface area contributed by atoms with E-state index in [0.29, 0.717) is 5.56 Å². The van der Waals surface area contributed by atoms with Crippen molar-refractivity contribution in [3.05, 3.63) is 60.6 Å². The molecule has 0 N–H and O–H groups in total. The molecular formula is C18H15N5O. The fraction of sp³-hybridized carbons (Fsp3) is 0.111. The van der Waals surface area contributed by atoms with Crippen molar-refractivity contribution < 1.29 is 4.79 Å². The van der Waals surface area contributed by atoms with E-state index >= 15 is 0 Å². The predicted molar refractivity (Wildman–Crippen MR) is 90.6 cm³/mol. The van der Waals surface area contributed by atoms with Crippen LogP contribution >= 0.6 is 0 Å². The average Bonchev–Trinajstić information content (AvgIpc) is 3.20. The Labute approximate surface area is 138 Å². The first-order valence-electron chi connectivity index (χ1n) is 7.57. The number of ketones is 1. The number of fused-ring (bicyclic) bond motifs is 1. The monoisotopic (exact) mass is 317 g/mol. The zero-order valence-corrected chi connectivity index (χ0v) is 13.3. The number of carbonyl (C=O) groups is 1. The number of hydrogen-bond donors (Lipinski definition) is 0. The minimum absolute atomic E-state index is 0.0367. The van der Waals surface area contributed by atoms with Gasteiger partial charge in [0.15, 0.2) is 11.4 Å². The van der Waals surface area contributed by atoms with Crippen molar-refractivity contribution in [1.82, 2.24) is 24.4 Å². The van der Waals surface area contributed by atoms with Crippen molar-refractivity contribution >= 4 is 11.4 Å². The van der Waals surface area contributed by atoms with Gasteiger partial charge in [0.05, 0.1) is 23.8 Å². The van der Waals surface area contributed by atoms with Crippen LogP contribution in [0.2, 0.25) is 0 Å². The first-order valence-corrected chi connectivity index (χ1v) is 7.57. The van der Waals surface area contributed by atoms with Crippen LogP contribution in [0, 0.1) is 0 Å². The first-order chi connectivity index (χ1) is 11.6. The highest BCUT2D eigenvalue weighted by molar-refractivity contribution is 5.95. The molecule has 118 valence electrons. The summed E-state index contributed by atoms with van der Waals surface area (Å²) in [7, 11) is 1.87. The molecule has 3 aromatic heterocycles. The van der Waals surface area contributed by atoms with E-state index in [9.17, 15) is 4.79 Å². The topological polar surface area (TPSA) is 65.1 Å². The molecule has 0 saturated heterocycles. The summed E-state index contributed by atoms with van der Waals surface area (Å²) in [6, 6.07) is 11.3. The quantitative estimate of drug-likeness (QED) is 0.545. The molecule has 0 radical (unpaired) electrons. The smallest absolute Gasteiger partial charge is 0.159 e. The van der Waals surface area contributed by atoms with Crippen molar-refractivity contribution in [2.75, 3.05) is 0 Å². The average molecular weight is 317 g/mol. The van der Waals surface area contributed by atoms with E-state index in [-0.39, 0.29) is 5.78 Å². The maximum atomic E-state index is 11.6. The molecule has 0 aliphatic carbocycles. The Balaban J connectivity index is 1.87. The van der Waals surface area contributed by atoms with Gasteiger partial charge in [0, 0.05) is 29.9 Å². The highest BCUT2D eigenvalue weighted by Crippen LogP contribution is 2.23. The molecule has 0 atom stereocenters. The Morgan fingerprint density at radius 2 is 1.96 bits per heavy atom. The van der Waals surface area contributed by atoms with Crippen LogP contribution in [0.5, 0.6) is 0 Å². The first kappa shape index (κ1) is 14.3. The van der Waals surface area contributed by atoms with Gasteiger partial charge in [0.25, 0.3) is 0 Å². The van der Waals surface area contributed by atoms with Gasteiger partial charge < -0.3 is 0 Å². The lowest BCUT2D eigenvalue weighted by molar-refractivity contribution is 0.101. The van der Waals surface area contributed by atoms with Gasteiger partial charge in [-0.25, -0.2) is 9.50 Å². The van der Waals surface area contributed by atoms with Crippen LogP contribution in [0.15, 0.2) is 55.0 Å². The molecule has 0 unspecified atom stereocenters. The van der Waals surface area contributed by atoms with E-state index in [0.717, 1.165) is 28.2 Å². The van der Waals surface area contributed by atoms with Gasteiger partial charge in [0.2, 0.25) is 0 Å². The van der Waals surface area contributed by atoms with Crippen molar-refractivity contribution in [3.8, 4) is 22.5 Å². The summed E-state index contributed by atoms with van der Waals surface area (Å²) in [5.74, 6) is 0.0367. The molecule has 0 aliphatic heterocycles. The second-order valence-electron chi connectivity index (χ2n) is 5.67. The van der Waals surface area contributed by atoms with Gasteiger partial charge in [0.1, 0.15) is 0 Å². The Morgan fingerprint density at radius 1 is 1.08 bits per heavy atom. The zero-order chi connectivity index (χ0) is 16.7. The van der Waals surface area contributed by atoms with Crippen molar-refractivity contribution in [1.29, 1.82) is 0 Å². The van der Waals surface area contributed by atoms with Crippen molar-refractivity contribution in [3.63, 3.8) is 0 Å². The van der Waals surface area contributed by atoms with Crippen LogP contribution in [-0.4, -0.2) is 30.2 Å². The van der Waals surface area contributed by atoms with Crippen LogP contribution in [0.3, 0.4) is 0 Å². The van der Waals surface area contributed by atoms with E-state index in [1.165, 1.54) is 0 Å². The predicted octanol–water partition coefficient (Wildman–Crippen LogP) is 3.00. The summed E-state index contributed by atoms with van der Waals surface area (Å²) < 4.78 is 3.54. The molecular weight excluding hydrogens is 302 g/mol. The maximum absolute atomic E-state index is 11.6. The van der Waals surface area contributed by atoms with E-state index in [4.69, 9.17) is 0 Å². The van der Waals surface area contributed by atoms with Gasteiger partial charge in [-0.05, 0) is 25.1 Å². The fourth-order valence-electron chi connectivity index (χ4n) is 2.68. The molecule has 4 rings (SSSR count). The van der Waals surface area contributed by atoms with Gasteiger partial charge in [-0.1, -0.05) is 18.2 Å². The number of hydrogen-bond acceptors (Lipinski definition) is 4. The van der Waals surface area contributed by atoms with Crippen LogP contribution in [-0.2, 0) is 7.05 Å². The second-order valence-corrected chi connectivity index (χ2v) is 5.67. The van der Waals surface area contributed by atoms with Gasteiger partial charge in [-0.2, -0.15) is 10.2 Å². The third-order valence-electron chi connectivity index (χ3n) is 3.93. The number of Topliss-reactive ketones (excluding diaryl/α,β-unsaturated/α-hetero) is 1. The van der Waals surface area contributed by atoms with E-state index in [2.05, 4.69) is 15.2 Å². The number of imidazole rings is 1. The van der Waals surface area contributed by atoms with E-state index < -0.39 is 0 Å². The Hall–Kier alpha value is -3.28. The van der Waals surface area contributed by atoms with Crippen LogP contribution in [0.25, 0.3) is 28.2 Å². The lowest BCUT2D eigenvalue weighted by atomic mass is 10.1. The molecule has 0 saturated carbocycles. The third kappa shape index (κ3) is 2.38. The number of aryl methyl sites for hydroxylation is 1. The molecule has 0 aliphatic rings. The van der Waals surface area contributed by atoms with Crippen LogP contribution in [0.4, 0.5) is 0 Å². The standard InChI is InChI=1S/C18H15N5O/c1-12(24)13-4-3-5-14(8-13)17-10-19-18-7-6-16(21-23(17)18)15-9-20-22(2)11-15/h3-11H,1-2H3. The number of benzene rings is 1. The molecule has 0 amide bonds. The summed E-state index contributed by atoms with van der Waals surface area (Å²) in [5.41, 5.74) is 4.94. The molecule has 4 aromatic rings. The number of aromatic nitrogens is 5. The third-order valence-corrected chi connectivity index (χ3v) is 3.93. The zero-order valence-electron chi connectivity index (χ0n) is 13.3. The molecule has 6 heteroatoms. The van der Waals surface area contributed by atoms with Crippen LogP contribution < -0.4 is 0 Å². The highest BCUT2D eigenvalue weighted by Gasteiger charge is 2.11. The normalized spacial score (nSPS) is 11.1. The minimum atomic E-state index is 0.0367. The molecule has 24 heavy (non-hydrogen) atoms. The van der Waals surface area contributed by atoms with Crippen molar-refractivity contribution in [2.45, 2.75) is 6.92 Å². The summed E-state index contributed by atoms with van der Waals surface area (Å²) >= 11 is 0. The van der Waals surface area contributed by atoms with E-state index in [1.54, 1.807) is 28.5 Å².